The lowest BCUT2D eigenvalue weighted by Gasteiger charge is -2.14. The molecule has 0 bridgehead atoms. The number of hydrogen-bond acceptors (Lipinski definition) is 2. The van der Waals surface area contributed by atoms with Crippen LogP contribution in [0.5, 0.6) is 5.75 Å². The van der Waals surface area contributed by atoms with Crippen LogP contribution in [0, 0.1) is 0 Å². The van der Waals surface area contributed by atoms with E-state index in [1.54, 1.807) is 13.4 Å². The van der Waals surface area contributed by atoms with Gasteiger partial charge in [-0.3, -0.25) is 0 Å². The minimum absolute atomic E-state index is 0.421. The molecular formula is C22H26NO2+. The third-order valence-corrected chi connectivity index (χ3v) is 4.53. The lowest BCUT2D eigenvalue weighted by Crippen LogP contribution is -2.82. The van der Waals surface area contributed by atoms with Crippen LogP contribution in [0.2, 0.25) is 0 Å². The second kappa shape index (κ2) is 9.09. The number of ether oxygens (including phenoxy) is 1. The highest BCUT2D eigenvalue weighted by atomic mass is 16.5. The van der Waals surface area contributed by atoms with Gasteiger partial charge in [0, 0.05) is 17.9 Å². The minimum atomic E-state index is 0.421. The summed E-state index contributed by atoms with van der Waals surface area (Å²) in [6.07, 6.45) is 3.89. The number of quaternary nitrogens is 1. The number of nitrogens with two attached hydrogens (primary N) is 1. The first-order valence-electron chi connectivity index (χ1n) is 8.87. The third kappa shape index (κ3) is 5.23. The van der Waals surface area contributed by atoms with E-state index < -0.39 is 0 Å². The highest BCUT2D eigenvalue weighted by Crippen LogP contribution is 2.24. The predicted octanol–water partition coefficient (Wildman–Crippen LogP) is 3.77. The molecule has 3 heteroatoms. The van der Waals surface area contributed by atoms with Crippen molar-refractivity contribution in [3.8, 4) is 5.75 Å². The third-order valence-electron chi connectivity index (χ3n) is 4.53. The van der Waals surface area contributed by atoms with Crippen LogP contribution in [0.3, 0.4) is 0 Å². The molecule has 0 aliphatic carbocycles. The van der Waals surface area contributed by atoms with Crippen LogP contribution in [0.1, 0.15) is 29.2 Å². The maximum atomic E-state index is 5.68. The van der Waals surface area contributed by atoms with Gasteiger partial charge >= 0.3 is 0 Å². The number of methoxy groups -OCH3 is 1. The van der Waals surface area contributed by atoms with Crippen molar-refractivity contribution in [1.82, 2.24) is 0 Å². The van der Waals surface area contributed by atoms with E-state index in [0.717, 1.165) is 37.4 Å². The Morgan fingerprint density at radius 1 is 0.920 bits per heavy atom. The van der Waals surface area contributed by atoms with E-state index in [1.165, 1.54) is 11.1 Å². The van der Waals surface area contributed by atoms with E-state index in [9.17, 15) is 0 Å². The quantitative estimate of drug-likeness (QED) is 0.604. The van der Waals surface area contributed by atoms with Crippen LogP contribution in [0.25, 0.3) is 0 Å². The molecule has 0 amide bonds. The normalized spacial score (nSPS) is 12.0. The highest BCUT2D eigenvalue weighted by Gasteiger charge is 2.16. The van der Waals surface area contributed by atoms with Gasteiger partial charge in [-0.1, -0.05) is 30.3 Å². The van der Waals surface area contributed by atoms with Crippen molar-refractivity contribution in [3.63, 3.8) is 0 Å². The SMILES string of the molecule is COc1ccc(C[NH2+]CC[C@H](Cc2ccccc2)c2ccco2)cc1. The maximum Gasteiger partial charge on any atom is 0.118 e. The van der Waals surface area contributed by atoms with Crippen molar-refractivity contribution in [1.29, 1.82) is 0 Å². The first-order chi connectivity index (χ1) is 12.3. The molecule has 0 unspecified atom stereocenters. The molecule has 1 heterocycles. The molecule has 2 N–H and O–H groups in total. The van der Waals surface area contributed by atoms with E-state index in [1.807, 2.05) is 18.2 Å². The Hall–Kier alpha value is -2.52. The number of rotatable bonds is 9. The molecule has 1 aromatic heterocycles. The summed E-state index contributed by atoms with van der Waals surface area (Å²) in [6, 6.07) is 23.0. The van der Waals surface area contributed by atoms with Crippen LogP contribution >= 0.6 is 0 Å². The van der Waals surface area contributed by atoms with Crippen molar-refractivity contribution in [2.24, 2.45) is 0 Å². The van der Waals surface area contributed by atoms with Gasteiger partial charge in [0.25, 0.3) is 0 Å². The molecule has 3 aromatic rings. The van der Waals surface area contributed by atoms with Crippen molar-refractivity contribution in [2.75, 3.05) is 13.7 Å². The van der Waals surface area contributed by atoms with Crippen LogP contribution in [-0.4, -0.2) is 13.7 Å². The zero-order valence-electron chi connectivity index (χ0n) is 14.7. The Bertz CT molecular complexity index is 720. The van der Waals surface area contributed by atoms with Crippen molar-refractivity contribution in [3.05, 3.63) is 89.9 Å². The lowest BCUT2D eigenvalue weighted by atomic mass is 9.94. The summed E-state index contributed by atoms with van der Waals surface area (Å²) in [6.45, 7) is 2.06. The van der Waals surface area contributed by atoms with Crippen LogP contribution in [-0.2, 0) is 13.0 Å². The Labute approximate surface area is 149 Å². The van der Waals surface area contributed by atoms with E-state index in [2.05, 4.69) is 53.8 Å². The van der Waals surface area contributed by atoms with Gasteiger partial charge in [0.2, 0.25) is 0 Å². The summed E-state index contributed by atoms with van der Waals surface area (Å²) in [7, 11) is 1.70. The Morgan fingerprint density at radius 2 is 1.72 bits per heavy atom. The smallest absolute Gasteiger partial charge is 0.118 e. The predicted molar refractivity (Wildman–Crippen MR) is 99.7 cm³/mol. The van der Waals surface area contributed by atoms with Crippen molar-refractivity contribution >= 4 is 0 Å². The van der Waals surface area contributed by atoms with Gasteiger partial charge in [0.15, 0.2) is 0 Å². The molecular weight excluding hydrogens is 310 g/mol. The fraction of sp³-hybridized carbons (Fsp3) is 0.273. The monoisotopic (exact) mass is 336 g/mol. The van der Waals surface area contributed by atoms with Gasteiger partial charge in [-0.25, -0.2) is 0 Å². The van der Waals surface area contributed by atoms with Gasteiger partial charge < -0.3 is 14.5 Å². The van der Waals surface area contributed by atoms with Gasteiger partial charge in [0.05, 0.1) is 19.9 Å². The van der Waals surface area contributed by atoms with Crippen LogP contribution in [0.15, 0.2) is 77.4 Å². The largest absolute Gasteiger partial charge is 0.497 e. The molecule has 130 valence electrons. The summed E-state index contributed by atoms with van der Waals surface area (Å²) in [5.41, 5.74) is 2.68. The van der Waals surface area contributed by atoms with E-state index in [4.69, 9.17) is 9.15 Å². The first kappa shape index (κ1) is 17.3. The molecule has 3 rings (SSSR count). The second-order valence-corrected chi connectivity index (χ2v) is 6.32. The summed E-state index contributed by atoms with van der Waals surface area (Å²) in [4.78, 5) is 0. The summed E-state index contributed by atoms with van der Waals surface area (Å²) < 4.78 is 10.9. The number of benzene rings is 2. The van der Waals surface area contributed by atoms with Gasteiger partial charge in [-0.2, -0.15) is 0 Å². The molecule has 3 nitrogen and oxygen atoms in total. The van der Waals surface area contributed by atoms with Crippen LogP contribution in [0.4, 0.5) is 0 Å². The standard InChI is InChI=1S/C22H25NO2/c1-24-21-11-9-19(10-12-21)17-23-14-13-20(22-8-5-15-25-22)16-18-6-3-2-4-7-18/h2-12,15,20,23H,13-14,16-17H2,1H3/p+1/t20-/m1/s1. The van der Waals surface area contributed by atoms with Crippen molar-refractivity contribution in [2.45, 2.75) is 25.3 Å². The summed E-state index contributed by atoms with van der Waals surface area (Å²) >= 11 is 0. The van der Waals surface area contributed by atoms with Gasteiger partial charge in [-0.15, -0.1) is 0 Å². The zero-order valence-corrected chi connectivity index (χ0v) is 14.7. The molecule has 0 radical (unpaired) electrons. The molecule has 25 heavy (non-hydrogen) atoms. The highest BCUT2D eigenvalue weighted by molar-refractivity contribution is 5.26. The molecule has 0 spiro atoms. The van der Waals surface area contributed by atoms with Crippen LogP contribution < -0.4 is 10.1 Å². The fourth-order valence-corrected chi connectivity index (χ4v) is 3.12. The Kier molecular flexibility index (Phi) is 6.29. The average molecular weight is 336 g/mol. The fourth-order valence-electron chi connectivity index (χ4n) is 3.12. The van der Waals surface area contributed by atoms with Crippen molar-refractivity contribution < 1.29 is 14.5 Å². The number of hydrogen-bond donors (Lipinski definition) is 1. The molecule has 0 aliphatic heterocycles. The molecule has 2 aromatic carbocycles. The topological polar surface area (TPSA) is 39.0 Å². The molecule has 0 saturated heterocycles. The van der Waals surface area contributed by atoms with Gasteiger partial charge in [-0.05, 0) is 48.4 Å². The van der Waals surface area contributed by atoms with E-state index in [0.29, 0.717) is 5.92 Å². The average Bonchev–Trinajstić information content (AvgIpc) is 3.20. The van der Waals surface area contributed by atoms with E-state index in [-0.39, 0.29) is 0 Å². The zero-order chi connectivity index (χ0) is 17.3. The summed E-state index contributed by atoms with van der Waals surface area (Å²) in [5.74, 6) is 2.41. The summed E-state index contributed by atoms with van der Waals surface area (Å²) in [5, 5.41) is 2.36. The second-order valence-electron chi connectivity index (χ2n) is 6.32. The van der Waals surface area contributed by atoms with Gasteiger partial charge in [0.1, 0.15) is 18.1 Å². The molecule has 0 saturated carbocycles. The molecule has 0 fully saturated rings. The Morgan fingerprint density at radius 3 is 2.40 bits per heavy atom. The lowest BCUT2D eigenvalue weighted by molar-refractivity contribution is -0.671. The Balaban J connectivity index is 1.52. The minimum Gasteiger partial charge on any atom is -0.497 e. The molecule has 0 aliphatic rings. The maximum absolute atomic E-state index is 5.68. The first-order valence-corrected chi connectivity index (χ1v) is 8.87. The number of furan rings is 1. The molecule has 1 atom stereocenters. The van der Waals surface area contributed by atoms with E-state index >= 15 is 0 Å².